The number of nitrogens with one attached hydrogen (secondary N) is 1. The van der Waals surface area contributed by atoms with Crippen LogP contribution in [0.2, 0.25) is 0 Å². The first kappa shape index (κ1) is 10.4. The van der Waals surface area contributed by atoms with Gasteiger partial charge in [0.15, 0.2) is 0 Å². The van der Waals surface area contributed by atoms with Gasteiger partial charge in [-0.05, 0) is 19.9 Å². The van der Waals surface area contributed by atoms with Gasteiger partial charge in [0.05, 0.1) is 0 Å². The molecule has 0 saturated carbocycles. The lowest BCUT2D eigenvalue weighted by Crippen LogP contribution is -2.23. The Balaban J connectivity index is 3.45. The molecule has 0 radical (unpaired) electrons. The minimum atomic E-state index is 0.581. The van der Waals surface area contributed by atoms with Crippen LogP contribution < -0.4 is 5.32 Å². The lowest BCUT2D eigenvalue weighted by Gasteiger charge is -2.07. The average molecular weight is 153 g/mol. The van der Waals surface area contributed by atoms with Gasteiger partial charge in [0, 0.05) is 6.04 Å². The van der Waals surface area contributed by atoms with Crippen molar-refractivity contribution in [2.45, 2.75) is 33.2 Å². The summed E-state index contributed by atoms with van der Waals surface area (Å²) in [5.74, 6) is 0. The molecule has 64 valence electrons. The molecule has 0 amide bonds. The molecule has 0 aromatic rings. The van der Waals surface area contributed by atoms with Gasteiger partial charge >= 0.3 is 0 Å². The minimum absolute atomic E-state index is 0.581. The Hall–Kier alpha value is -0.560. The van der Waals surface area contributed by atoms with Crippen molar-refractivity contribution in [1.29, 1.82) is 0 Å². The highest BCUT2D eigenvalue weighted by atomic mass is 14.9. The first-order valence-corrected chi connectivity index (χ1v) is 4.21. The minimum Gasteiger partial charge on any atom is -0.314 e. The zero-order valence-corrected chi connectivity index (χ0v) is 7.85. The second kappa shape index (κ2) is 6.17. The van der Waals surface area contributed by atoms with Crippen molar-refractivity contribution >= 4 is 0 Å². The van der Waals surface area contributed by atoms with E-state index in [1.165, 1.54) is 5.57 Å². The zero-order chi connectivity index (χ0) is 8.69. The fourth-order valence-electron chi connectivity index (χ4n) is 0.869. The maximum Gasteiger partial charge on any atom is 0.00105 e. The normalized spacial score (nSPS) is 12.2. The molecule has 0 fully saturated rings. The molecule has 0 saturated heterocycles. The second-order valence-electron chi connectivity index (χ2n) is 2.93. The van der Waals surface area contributed by atoms with Crippen molar-refractivity contribution in [3.63, 3.8) is 0 Å². The van der Waals surface area contributed by atoms with Gasteiger partial charge in [-0.15, -0.1) is 0 Å². The van der Waals surface area contributed by atoms with Gasteiger partial charge in [-0.25, -0.2) is 0 Å². The van der Waals surface area contributed by atoms with Crippen LogP contribution in [-0.4, -0.2) is 12.6 Å². The van der Waals surface area contributed by atoms with Gasteiger partial charge in [-0.3, -0.25) is 0 Å². The number of hydrogen-bond acceptors (Lipinski definition) is 1. The van der Waals surface area contributed by atoms with Crippen molar-refractivity contribution in [1.82, 2.24) is 5.32 Å². The summed E-state index contributed by atoms with van der Waals surface area (Å²) in [7, 11) is 0. The van der Waals surface area contributed by atoms with E-state index in [-0.39, 0.29) is 0 Å². The molecule has 11 heavy (non-hydrogen) atoms. The molecule has 0 spiro atoms. The molecule has 0 atom stereocenters. The Morgan fingerprint density at radius 2 is 2.18 bits per heavy atom. The van der Waals surface area contributed by atoms with Gasteiger partial charge < -0.3 is 5.32 Å². The smallest absolute Gasteiger partial charge is 0.00105 e. The highest BCUT2D eigenvalue weighted by molar-refractivity contribution is 5.14. The van der Waals surface area contributed by atoms with E-state index in [0.717, 1.165) is 13.0 Å². The number of hydrogen-bond donors (Lipinski definition) is 1. The summed E-state index contributed by atoms with van der Waals surface area (Å²) in [4.78, 5) is 0. The Bertz CT molecular complexity index is 134. The highest BCUT2D eigenvalue weighted by Crippen LogP contribution is 2.00. The van der Waals surface area contributed by atoms with E-state index in [4.69, 9.17) is 0 Å². The third kappa shape index (κ3) is 5.86. The lowest BCUT2D eigenvalue weighted by molar-refractivity contribution is 0.591. The number of allylic oxidation sites excluding steroid dienone is 2. The molecule has 1 N–H and O–H groups in total. The molecule has 0 aliphatic carbocycles. The van der Waals surface area contributed by atoms with Crippen LogP contribution in [0.25, 0.3) is 0 Å². The summed E-state index contributed by atoms with van der Waals surface area (Å²) < 4.78 is 0. The summed E-state index contributed by atoms with van der Waals surface area (Å²) in [5, 5.41) is 3.36. The molecule has 0 aliphatic rings. The second-order valence-corrected chi connectivity index (χ2v) is 2.93. The molecule has 0 aromatic heterocycles. The Labute approximate surface area is 70.2 Å². The maximum atomic E-state index is 3.73. The molecule has 1 heteroatoms. The Morgan fingerprint density at radius 1 is 1.55 bits per heavy atom. The van der Waals surface area contributed by atoms with E-state index in [2.05, 4.69) is 31.8 Å². The lowest BCUT2D eigenvalue weighted by atomic mass is 10.2. The highest BCUT2D eigenvalue weighted by Gasteiger charge is 1.92. The largest absolute Gasteiger partial charge is 0.314 e. The predicted octanol–water partition coefficient (Wildman–Crippen LogP) is 2.51. The van der Waals surface area contributed by atoms with Gasteiger partial charge in [0.2, 0.25) is 0 Å². The Morgan fingerprint density at radius 3 is 2.55 bits per heavy atom. The van der Waals surface area contributed by atoms with E-state index < -0.39 is 0 Å². The summed E-state index contributed by atoms with van der Waals surface area (Å²) in [6.07, 6.45) is 5.11. The fraction of sp³-hybridized carbons (Fsp3) is 0.600. The summed E-state index contributed by atoms with van der Waals surface area (Å²) in [6.45, 7) is 11.1. The molecule has 1 nitrogen and oxygen atoms in total. The molecule has 0 heterocycles. The molecule has 0 rings (SSSR count). The SMILES string of the molecule is C=C/C(=C\C)CCNC(C)C. The third-order valence-corrected chi connectivity index (χ3v) is 1.60. The van der Waals surface area contributed by atoms with E-state index in [1.807, 2.05) is 13.0 Å². The van der Waals surface area contributed by atoms with Gasteiger partial charge in [0.25, 0.3) is 0 Å². The molecular weight excluding hydrogens is 134 g/mol. The van der Waals surface area contributed by atoms with Gasteiger partial charge in [-0.1, -0.05) is 38.2 Å². The van der Waals surface area contributed by atoms with Crippen LogP contribution in [0.1, 0.15) is 27.2 Å². The fourth-order valence-corrected chi connectivity index (χ4v) is 0.869. The predicted molar refractivity (Wildman–Crippen MR) is 51.7 cm³/mol. The van der Waals surface area contributed by atoms with Gasteiger partial charge in [-0.2, -0.15) is 0 Å². The first-order chi connectivity index (χ1) is 5.20. The van der Waals surface area contributed by atoms with Crippen LogP contribution in [0, 0.1) is 0 Å². The van der Waals surface area contributed by atoms with Crippen molar-refractivity contribution in [2.24, 2.45) is 0 Å². The van der Waals surface area contributed by atoms with Crippen LogP contribution in [0.4, 0.5) is 0 Å². The van der Waals surface area contributed by atoms with E-state index in [0.29, 0.717) is 6.04 Å². The van der Waals surface area contributed by atoms with Crippen molar-refractivity contribution in [3.05, 3.63) is 24.3 Å². The van der Waals surface area contributed by atoms with Crippen LogP contribution in [0.5, 0.6) is 0 Å². The maximum absolute atomic E-state index is 3.73. The molecule has 0 aromatic carbocycles. The average Bonchev–Trinajstić information content (AvgIpc) is 1.98. The van der Waals surface area contributed by atoms with Crippen molar-refractivity contribution in [2.75, 3.05) is 6.54 Å². The monoisotopic (exact) mass is 153 g/mol. The quantitative estimate of drug-likeness (QED) is 0.598. The van der Waals surface area contributed by atoms with Crippen LogP contribution >= 0.6 is 0 Å². The zero-order valence-electron chi connectivity index (χ0n) is 7.85. The van der Waals surface area contributed by atoms with E-state index in [1.54, 1.807) is 0 Å². The topological polar surface area (TPSA) is 12.0 Å². The summed E-state index contributed by atoms with van der Waals surface area (Å²) in [6, 6.07) is 0.581. The first-order valence-electron chi connectivity index (χ1n) is 4.21. The van der Waals surface area contributed by atoms with Gasteiger partial charge in [0.1, 0.15) is 0 Å². The van der Waals surface area contributed by atoms with Crippen LogP contribution in [0.15, 0.2) is 24.3 Å². The molecule has 0 unspecified atom stereocenters. The standard InChI is InChI=1S/C10H19N/c1-5-10(6-2)7-8-11-9(3)4/h5-6,9,11H,1,7-8H2,2-4H3/b10-6+. The van der Waals surface area contributed by atoms with Crippen molar-refractivity contribution in [3.8, 4) is 0 Å². The summed E-state index contributed by atoms with van der Waals surface area (Å²) in [5.41, 5.74) is 1.32. The molecular formula is C10H19N. The van der Waals surface area contributed by atoms with Crippen LogP contribution in [0.3, 0.4) is 0 Å². The molecule has 0 aliphatic heterocycles. The Kier molecular flexibility index (Phi) is 5.86. The van der Waals surface area contributed by atoms with E-state index >= 15 is 0 Å². The van der Waals surface area contributed by atoms with Crippen LogP contribution in [-0.2, 0) is 0 Å². The third-order valence-electron chi connectivity index (χ3n) is 1.60. The number of rotatable bonds is 5. The molecule has 0 bridgehead atoms. The van der Waals surface area contributed by atoms with E-state index in [9.17, 15) is 0 Å². The summed E-state index contributed by atoms with van der Waals surface area (Å²) >= 11 is 0. The van der Waals surface area contributed by atoms with Crippen molar-refractivity contribution < 1.29 is 0 Å².